The van der Waals surface area contributed by atoms with Crippen LogP contribution in [0, 0.1) is 17.0 Å². The van der Waals surface area contributed by atoms with E-state index < -0.39 is 29.2 Å². The molecule has 1 rings (SSSR count). The number of nitrogen functional groups attached to an aromatic ring is 1. The number of pyridine rings is 1. The third-order valence-electron chi connectivity index (χ3n) is 1.74. The minimum Gasteiger partial charge on any atom is -0.468 e. The predicted octanol–water partition coefficient (Wildman–Crippen LogP) is 1.82. The number of rotatable bonds is 3. The zero-order valence-electron chi connectivity index (χ0n) is 8.61. The number of nitro groups is 1. The molecule has 0 aliphatic rings. The lowest BCUT2D eigenvalue weighted by atomic mass is 10.2. The van der Waals surface area contributed by atoms with Crippen LogP contribution in [0.2, 0.25) is 0 Å². The number of aromatic nitrogens is 1. The number of nitrogens with zero attached hydrogens (tertiary/aromatic N) is 2. The van der Waals surface area contributed by atoms with Crippen LogP contribution in [0.3, 0.4) is 0 Å². The summed E-state index contributed by atoms with van der Waals surface area (Å²) in [5.74, 6) is -0.858. The Morgan fingerprint density at radius 2 is 2.18 bits per heavy atom. The number of nitrogens with two attached hydrogens (primary N) is 1. The van der Waals surface area contributed by atoms with Crippen molar-refractivity contribution in [3.63, 3.8) is 0 Å². The fourth-order valence-corrected chi connectivity index (χ4v) is 1.04. The zero-order chi connectivity index (χ0) is 13.2. The van der Waals surface area contributed by atoms with Crippen LogP contribution < -0.4 is 10.5 Å². The number of hydrogen-bond acceptors (Lipinski definition) is 5. The number of ether oxygens (including phenoxy) is 1. The number of aryl methyl sites for hydroxylation is 1. The third-order valence-corrected chi connectivity index (χ3v) is 1.74. The standard InChI is InChI=1S/C8H8F3N3O3/c1-4-2-5(14(15)16)6(12)13-7(4)17-3-8(9,10)11/h2H,3H2,1H3,(H2,12,13). The van der Waals surface area contributed by atoms with E-state index in [-0.39, 0.29) is 11.4 Å². The van der Waals surface area contributed by atoms with Gasteiger partial charge in [-0.2, -0.15) is 18.2 Å². The van der Waals surface area contributed by atoms with Crippen LogP contribution in [0.15, 0.2) is 6.07 Å². The minimum atomic E-state index is -4.51. The molecular formula is C8H8F3N3O3. The van der Waals surface area contributed by atoms with Crippen LogP contribution in [-0.2, 0) is 0 Å². The molecule has 0 aliphatic carbocycles. The monoisotopic (exact) mass is 251 g/mol. The Balaban J connectivity index is 2.96. The Kier molecular flexibility index (Phi) is 3.39. The first-order valence-corrected chi connectivity index (χ1v) is 4.32. The molecular weight excluding hydrogens is 243 g/mol. The average molecular weight is 251 g/mol. The molecule has 0 saturated carbocycles. The van der Waals surface area contributed by atoms with E-state index in [1.54, 1.807) is 0 Å². The van der Waals surface area contributed by atoms with Crippen LogP contribution in [0.5, 0.6) is 5.88 Å². The van der Waals surface area contributed by atoms with Gasteiger partial charge in [-0.15, -0.1) is 0 Å². The molecule has 17 heavy (non-hydrogen) atoms. The molecule has 0 spiro atoms. The van der Waals surface area contributed by atoms with Crippen LogP contribution >= 0.6 is 0 Å². The van der Waals surface area contributed by atoms with Gasteiger partial charge >= 0.3 is 11.9 Å². The lowest BCUT2D eigenvalue weighted by Crippen LogP contribution is -2.20. The number of hydrogen-bond donors (Lipinski definition) is 1. The lowest BCUT2D eigenvalue weighted by Gasteiger charge is -2.10. The van der Waals surface area contributed by atoms with Crippen LogP contribution in [0.4, 0.5) is 24.7 Å². The molecule has 0 atom stereocenters. The van der Waals surface area contributed by atoms with E-state index in [2.05, 4.69) is 9.72 Å². The van der Waals surface area contributed by atoms with Crippen LogP contribution in [0.1, 0.15) is 5.56 Å². The van der Waals surface area contributed by atoms with E-state index in [1.807, 2.05) is 0 Å². The topological polar surface area (TPSA) is 91.3 Å². The first kappa shape index (κ1) is 13.0. The summed E-state index contributed by atoms with van der Waals surface area (Å²) in [7, 11) is 0. The summed E-state index contributed by atoms with van der Waals surface area (Å²) in [6, 6.07) is 1.01. The van der Waals surface area contributed by atoms with Crippen molar-refractivity contribution in [2.24, 2.45) is 0 Å². The van der Waals surface area contributed by atoms with Gasteiger partial charge in [0.2, 0.25) is 11.7 Å². The van der Waals surface area contributed by atoms with Crippen molar-refractivity contribution in [2.45, 2.75) is 13.1 Å². The second-order valence-corrected chi connectivity index (χ2v) is 3.18. The molecule has 0 fully saturated rings. The van der Waals surface area contributed by atoms with E-state index in [0.29, 0.717) is 0 Å². The van der Waals surface area contributed by atoms with Crippen molar-refractivity contribution in [1.29, 1.82) is 0 Å². The molecule has 2 N–H and O–H groups in total. The summed E-state index contributed by atoms with van der Waals surface area (Å²) in [6.07, 6.45) is -4.51. The van der Waals surface area contributed by atoms with Crippen molar-refractivity contribution in [3.05, 3.63) is 21.7 Å². The normalized spacial score (nSPS) is 11.3. The fraction of sp³-hybridized carbons (Fsp3) is 0.375. The van der Waals surface area contributed by atoms with E-state index in [9.17, 15) is 23.3 Å². The molecule has 9 heteroatoms. The Bertz CT molecular complexity index is 448. The highest BCUT2D eigenvalue weighted by Gasteiger charge is 2.29. The van der Waals surface area contributed by atoms with Gasteiger partial charge < -0.3 is 10.5 Å². The minimum absolute atomic E-state index is 0.107. The molecule has 94 valence electrons. The molecule has 1 heterocycles. The number of alkyl halides is 3. The molecule has 1 aromatic rings. The molecule has 0 amide bonds. The maximum Gasteiger partial charge on any atom is 0.422 e. The largest absolute Gasteiger partial charge is 0.468 e. The molecule has 6 nitrogen and oxygen atoms in total. The van der Waals surface area contributed by atoms with Crippen molar-refractivity contribution in [1.82, 2.24) is 4.98 Å². The van der Waals surface area contributed by atoms with Crippen LogP contribution in [-0.4, -0.2) is 22.7 Å². The van der Waals surface area contributed by atoms with Gasteiger partial charge in [-0.3, -0.25) is 10.1 Å². The highest BCUT2D eigenvalue weighted by atomic mass is 19.4. The van der Waals surface area contributed by atoms with Gasteiger partial charge in [0, 0.05) is 11.6 Å². The lowest BCUT2D eigenvalue weighted by molar-refractivity contribution is -0.384. The van der Waals surface area contributed by atoms with E-state index in [4.69, 9.17) is 5.73 Å². The van der Waals surface area contributed by atoms with Gasteiger partial charge in [-0.25, -0.2) is 0 Å². The first-order valence-electron chi connectivity index (χ1n) is 4.32. The van der Waals surface area contributed by atoms with Gasteiger partial charge in [-0.05, 0) is 6.92 Å². The Morgan fingerprint density at radius 1 is 1.59 bits per heavy atom. The van der Waals surface area contributed by atoms with Crippen molar-refractivity contribution >= 4 is 11.5 Å². The molecule has 0 unspecified atom stereocenters. The second kappa shape index (κ2) is 4.44. The molecule has 0 aromatic carbocycles. The molecule has 0 aliphatic heterocycles. The number of anilines is 1. The van der Waals surface area contributed by atoms with Crippen molar-refractivity contribution in [3.8, 4) is 5.88 Å². The average Bonchev–Trinajstić information content (AvgIpc) is 2.17. The molecule has 0 bridgehead atoms. The van der Waals surface area contributed by atoms with Crippen molar-refractivity contribution in [2.75, 3.05) is 12.3 Å². The third kappa shape index (κ3) is 3.47. The fourth-order valence-electron chi connectivity index (χ4n) is 1.04. The van der Waals surface area contributed by atoms with Gasteiger partial charge in [0.25, 0.3) is 0 Å². The van der Waals surface area contributed by atoms with E-state index in [1.165, 1.54) is 6.92 Å². The molecule has 1 aromatic heterocycles. The predicted molar refractivity (Wildman–Crippen MR) is 51.6 cm³/mol. The Hall–Kier alpha value is -2.06. The summed E-state index contributed by atoms with van der Waals surface area (Å²) in [6.45, 7) is -0.191. The summed E-state index contributed by atoms with van der Waals surface area (Å²) in [4.78, 5) is 13.1. The van der Waals surface area contributed by atoms with Crippen molar-refractivity contribution < 1.29 is 22.8 Å². The second-order valence-electron chi connectivity index (χ2n) is 3.18. The quantitative estimate of drug-likeness (QED) is 0.653. The summed E-state index contributed by atoms with van der Waals surface area (Å²) < 4.78 is 40.0. The smallest absolute Gasteiger partial charge is 0.422 e. The van der Waals surface area contributed by atoms with Gasteiger partial charge in [0.05, 0.1) is 4.92 Å². The van der Waals surface area contributed by atoms with E-state index >= 15 is 0 Å². The molecule has 0 radical (unpaired) electrons. The Morgan fingerprint density at radius 3 is 2.65 bits per heavy atom. The van der Waals surface area contributed by atoms with Gasteiger partial charge in [0.1, 0.15) is 0 Å². The zero-order valence-corrected chi connectivity index (χ0v) is 8.61. The Labute approximate surface area is 93.3 Å². The van der Waals surface area contributed by atoms with Gasteiger partial charge in [0.15, 0.2) is 6.61 Å². The molecule has 0 saturated heterocycles. The SMILES string of the molecule is Cc1cc([N+](=O)[O-])c(N)nc1OCC(F)(F)F. The summed E-state index contributed by atoms with van der Waals surface area (Å²) in [5, 5.41) is 10.5. The highest BCUT2D eigenvalue weighted by molar-refractivity contribution is 5.55. The van der Waals surface area contributed by atoms with Crippen LogP contribution in [0.25, 0.3) is 0 Å². The summed E-state index contributed by atoms with van der Waals surface area (Å²) >= 11 is 0. The first-order chi connectivity index (χ1) is 7.70. The maximum atomic E-state index is 11.9. The van der Waals surface area contributed by atoms with Gasteiger partial charge in [-0.1, -0.05) is 0 Å². The highest BCUT2D eigenvalue weighted by Crippen LogP contribution is 2.27. The maximum absolute atomic E-state index is 11.9. The van der Waals surface area contributed by atoms with E-state index in [0.717, 1.165) is 6.07 Å². The summed E-state index contributed by atoms with van der Waals surface area (Å²) in [5.41, 5.74) is 4.85. The number of halogens is 3.